The Morgan fingerprint density at radius 3 is 2.67 bits per heavy atom. The van der Waals surface area contributed by atoms with Gasteiger partial charge in [0.1, 0.15) is 17.0 Å². The number of hydrogen-bond donors (Lipinski definition) is 0. The normalized spacial score (nSPS) is 11.5. The van der Waals surface area contributed by atoms with Crippen LogP contribution in [0.5, 0.6) is 0 Å². The number of hydrogen-bond acceptors (Lipinski definition) is 5. The van der Waals surface area contributed by atoms with Crippen LogP contribution in [0.3, 0.4) is 0 Å². The van der Waals surface area contributed by atoms with Crippen LogP contribution in [-0.4, -0.2) is 38.5 Å². The van der Waals surface area contributed by atoms with E-state index in [1.165, 1.54) is 5.56 Å². The quantitative estimate of drug-likeness (QED) is 0.572. The molecule has 0 bridgehead atoms. The van der Waals surface area contributed by atoms with Crippen molar-refractivity contribution in [2.45, 2.75) is 6.54 Å². The first-order chi connectivity index (χ1) is 11.7. The molecular formula is C18H17N5S. The number of benzene rings is 1. The second kappa shape index (κ2) is 6.14. The molecule has 6 heteroatoms. The molecule has 0 fully saturated rings. The minimum atomic E-state index is 0.705. The number of imidazole rings is 1. The van der Waals surface area contributed by atoms with E-state index in [-0.39, 0.29) is 0 Å². The van der Waals surface area contributed by atoms with Crippen molar-refractivity contribution in [2.75, 3.05) is 14.1 Å². The standard InChI is InChI=1S/C18H17N5S/c1-22(2)10-15-20-17(23-9-8-19-12-23)16-14(11-24-18(16)21-15)13-6-4-3-5-7-13/h3-9,11-12H,10H2,1-2H3. The highest BCUT2D eigenvalue weighted by Crippen LogP contribution is 2.36. The largest absolute Gasteiger partial charge is 0.302 e. The van der Waals surface area contributed by atoms with E-state index in [4.69, 9.17) is 9.97 Å². The van der Waals surface area contributed by atoms with Crippen LogP contribution in [0.15, 0.2) is 54.4 Å². The summed E-state index contributed by atoms with van der Waals surface area (Å²) in [6.45, 7) is 0.705. The van der Waals surface area contributed by atoms with Gasteiger partial charge < -0.3 is 4.90 Å². The SMILES string of the molecule is CN(C)Cc1nc(-n2ccnc2)c2c(-c3ccccc3)csc2n1. The highest BCUT2D eigenvalue weighted by Gasteiger charge is 2.16. The van der Waals surface area contributed by atoms with E-state index in [9.17, 15) is 0 Å². The van der Waals surface area contributed by atoms with Gasteiger partial charge >= 0.3 is 0 Å². The third kappa shape index (κ3) is 2.70. The predicted octanol–water partition coefficient (Wildman–Crippen LogP) is 3.61. The van der Waals surface area contributed by atoms with Crippen LogP contribution >= 0.6 is 11.3 Å². The fraction of sp³-hybridized carbons (Fsp3) is 0.167. The average molecular weight is 335 g/mol. The Morgan fingerprint density at radius 2 is 1.96 bits per heavy atom. The van der Waals surface area contributed by atoms with Crippen molar-refractivity contribution >= 4 is 21.6 Å². The minimum Gasteiger partial charge on any atom is -0.302 e. The zero-order valence-electron chi connectivity index (χ0n) is 13.5. The molecule has 120 valence electrons. The lowest BCUT2D eigenvalue weighted by atomic mass is 10.1. The lowest BCUT2D eigenvalue weighted by molar-refractivity contribution is 0.391. The van der Waals surface area contributed by atoms with Crippen molar-refractivity contribution < 1.29 is 0 Å². The second-order valence-corrected chi connectivity index (χ2v) is 6.72. The lowest BCUT2D eigenvalue weighted by Crippen LogP contribution is -2.14. The smallest absolute Gasteiger partial charge is 0.151 e. The second-order valence-electron chi connectivity index (χ2n) is 5.87. The number of thiophene rings is 1. The van der Waals surface area contributed by atoms with Crippen LogP contribution in [-0.2, 0) is 6.54 Å². The van der Waals surface area contributed by atoms with Gasteiger partial charge in [0.15, 0.2) is 5.82 Å². The maximum absolute atomic E-state index is 4.82. The van der Waals surface area contributed by atoms with Crippen molar-refractivity contribution in [2.24, 2.45) is 0 Å². The molecule has 0 unspecified atom stereocenters. The van der Waals surface area contributed by atoms with Crippen LogP contribution < -0.4 is 0 Å². The predicted molar refractivity (Wildman–Crippen MR) is 97.4 cm³/mol. The molecule has 24 heavy (non-hydrogen) atoms. The van der Waals surface area contributed by atoms with E-state index in [0.717, 1.165) is 27.4 Å². The van der Waals surface area contributed by atoms with Crippen LogP contribution in [0.4, 0.5) is 0 Å². The number of rotatable bonds is 4. The number of fused-ring (bicyclic) bond motifs is 1. The molecule has 4 aromatic rings. The molecule has 5 nitrogen and oxygen atoms in total. The third-order valence-corrected chi connectivity index (χ3v) is 4.62. The lowest BCUT2D eigenvalue weighted by Gasteiger charge is -2.11. The molecule has 3 aromatic heterocycles. The number of nitrogens with zero attached hydrogens (tertiary/aromatic N) is 5. The third-order valence-electron chi connectivity index (χ3n) is 3.75. The summed E-state index contributed by atoms with van der Waals surface area (Å²) in [5.41, 5.74) is 2.34. The molecule has 3 heterocycles. The molecule has 0 aliphatic heterocycles. The van der Waals surface area contributed by atoms with Crippen LogP contribution in [0.25, 0.3) is 27.2 Å². The summed E-state index contributed by atoms with van der Waals surface area (Å²) in [4.78, 5) is 16.8. The van der Waals surface area contributed by atoms with Gasteiger partial charge in [-0.1, -0.05) is 30.3 Å². The molecule has 0 saturated carbocycles. The van der Waals surface area contributed by atoms with Crippen molar-refractivity contribution in [1.29, 1.82) is 0 Å². The molecule has 0 N–H and O–H groups in total. The zero-order valence-corrected chi connectivity index (χ0v) is 14.4. The highest BCUT2D eigenvalue weighted by molar-refractivity contribution is 7.17. The van der Waals surface area contributed by atoms with Gasteiger partial charge in [-0.3, -0.25) is 4.57 Å². The summed E-state index contributed by atoms with van der Waals surface area (Å²) in [7, 11) is 4.04. The summed E-state index contributed by atoms with van der Waals surface area (Å²) < 4.78 is 1.96. The van der Waals surface area contributed by atoms with Gasteiger partial charge in [0.05, 0.1) is 11.9 Å². The topological polar surface area (TPSA) is 46.8 Å². The van der Waals surface area contributed by atoms with Crippen LogP contribution in [0.1, 0.15) is 5.82 Å². The Kier molecular flexibility index (Phi) is 3.84. The Labute approximate surface area is 144 Å². The first-order valence-corrected chi connectivity index (χ1v) is 8.57. The molecule has 1 aromatic carbocycles. The molecular weight excluding hydrogens is 318 g/mol. The fourth-order valence-electron chi connectivity index (χ4n) is 2.72. The molecule has 0 aliphatic rings. The molecule has 4 rings (SSSR count). The summed E-state index contributed by atoms with van der Waals surface area (Å²) in [6, 6.07) is 10.4. The van der Waals surface area contributed by atoms with Gasteiger partial charge in [-0.25, -0.2) is 15.0 Å². The van der Waals surface area contributed by atoms with Crippen molar-refractivity contribution in [1.82, 2.24) is 24.4 Å². The van der Waals surface area contributed by atoms with Gasteiger partial charge in [-0.15, -0.1) is 11.3 Å². The Hall–Kier alpha value is -2.57. The monoisotopic (exact) mass is 335 g/mol. The van der Waals surface area contributed by atoms with Gasteiger partial charge in [0.25, 0.3) is 0 Å². The molecule has 0 atom stereocenters. The van der Waals surface area contributed by atoms with Crippen molar-refractivity contribution in [3.63, 3.8) is 0 Å². The fourth-order valence-corrected chi connectivity index (χ4v) is 3.68. The van der Waals surface area contributed by atoms with E-state index in [0.29, 0.717) is 6.54 Å². The molecule has 0 saturated heterocycles. The Morgan fingerprint density at radius 1 is 1.12 bits per heavy atom. The van der Waals surface area contributed by atoms with E-state index in [1.807, 2.05) is 30.9 Å². The Bertz CT molecular complexity index is 958. The highest BCUT2D eigenvalue weighted by atomic mass is 32.1. The summed E-state index contributed by atoms with van der Waals surface area (Å²) in [5, 5.41) is 3.24. The van der Waals surface area contributed by atoms with Gasteiger partial charge in [0.2, 0.25) is 0 Å². The molecule has 0 radical (unpaired) electrons. The maximum atomic E-state index is 4.82. The van der Waals surface area contributed by atoms with E-state index < -0.39 is 0 Å². The van der Waals surface area contributed by atoms with Crippen LogP contribution in [0, 0.1) is 0 Å². The Balaban J connectivity index is 1.98. The van der Waals surface area contributed by atoms with Crippen molar-refractivity contribution in [3.8, 4) is 16.9 Å². The maximum Gasteiger partial charge on any atom is 0.151 e. The molecule has 0 spiro atoms. The van der Waals surface area contributed by atoms with Gasteiger partial charge in [-0.05, 0) is 19.7 Å². The molecule has 0 amide bonds. The first kappa shape index (κ1) is 15.0. The van der Waals surface area contributed by atoms with Crippen LogP contribution in [0.2, 0.25) is 0 Å². The number of aromatic nitrogens is 4. The zero-order chi connectivity index (χ0) is 16.5. The minimum absolute atomic E-state index is 0.705. The van der Waals surface area contributed by atoms with Gasteiger partial charge in [0, 0.05) is 23.3 Å². The van der Waals surface area contributed by atoms with Gasteiger partial charge in [-0.2, -0.15) is 0 Å². The van der Waals surface area contributed by atoms with E-state index in [1.54, 1.807) is 23.9 Å². The summed E-state index contributed by atoms with van der Waals surface area (Å²) in [5.74, 6) is 1.70. The molecule has 0 aliphatic carbocycles. The van der Waals surface area contributed by atoms with E-state index >= 15 is 0 Å². The van der Waals surface area contributed by atoms with E-state index in [2.05, 4.69) is 39.5 Å². The summed E-state index contributed by atoms with van der Waals surface area (Å²) in [6.07, 6.45) is 5.48. The first-order valence-electron chi connectivity index (χ1n) is 7.69. The summed E-state index contributed by atoms with van der Waals surface area (Å²) >= 11 is 1.66. The average Bonchev–Trinajstić information content (AvgIpc) is 3.24. The van der Waals surface area contributed by atoms with Crippen molar-refractivity contribution in [3.05, 3.63) is 60.3 Å².